The predicted octanol–water partition coefficient (Wildman–Crippen LogP) is 1.68. The van der Waals surface area contributed by atoms with Gasteiger partial charge < -0.3 is 14.6 Å². The number of aliphatic hydroxyl groups excluding tert-OH is 1. The molecule has 0 spiro atoms. The molecule has 0 aliphatic carbocycles. The second-order valence-corrected chi connectivity index (χ2v) is 6.94. The van der Waals surface area contributed by atoms with E-state index in [0.717, 1.165) is 23.4 Å². The summed E-state index contributed by atoms with van der Waals surface area (Å²) in [6.45, 7) is 3.58. The lowest BCUT2D eigenvalue weighted by Gasteiger charge is -2.29. The molecule has 0 saturated carbocycles. The van der Waals surface area contributed by atoms with Crippen LogP contribution in [0.25, 0.3) is 0 Å². The van der Waals surface area contributed by atoms with Gasteiger partial charge in [-0.15, -0.1) is 0 Å². The SMILES string of the molecule is C[C@H](O)c1ncccc1Cn1cnc2c1CCN(c1cn[nH]c(=O)c1Cl)C2. The zero-order valence-corrected chi connectivity index (χ0v) is 15.5. The average Bonchev–Trinajstić information content (AvgIpc) is 3.06. The number of anilines is 1. The number of hydrogen-bond donors (Lipinski definition) is 2. The monoisotopic (exact) mass is 386 g/mol. The van der Waals surface area contributed by atoms with E-state index < -0.39 is 11.7 Å². The Balaban J connectivity index is 1.59. The number of nitrogens with zero attached hydrogens (tertiary/aromatic N) is 5. The molecule has 3 aromatic heterocycles. The molecule has 0 fully saturated rings. The van der Waals surface area contributed by atoms with Gasteiger partial charge in [-0.25, -0.2) is 10.1 Å². The van der Waals surface area contributed by atoms with Crippen molar-refractivity contribution in [1.29, 1.82) is 0 Å². The minimum Gasteiger partial charge on any atom is -0.387 e. The Bertz CT molecular complexity index is 1030. The molecule has 0 radical (unpaired) electrons. The zero-order valence-electron chi connectivity index (χ0n) is 14.8. The summed E-state index contributed by atoms with van der Waals surface area (Å²) in [5.41, 5.74) is 3.95. The highest BCUT2D eigenvalue weighted by Crippen LogP contribution is 2.27. The van der Waals surface area contributed by atoms with Crippen molar-refractivity contribution in [3.63, 3.8) is 0 Å². The Morgan fingerprint density at radius 2 is 2.26 bits per heavy atom. The van der Waals surface area contributed by atoms with Gasteiger partial charge in [0.05, 0.1) is 48.8 Å². The van der Waals surface area contributed by atoms with Gasteiger partial charge in [0, 0.05) is 24.9 Å². The molecule has 27 heavy (non-hydrogen) atoms. The quantitative estimate of drug-likeness (QED) is 0.707. The number of H-pyrrole nitrogens is 1. The largest absolute Gasteiger partial charge is 0.387 e. The number of fused-ring (bicyclic) bond motifs is 1. The maximum absolute atomic E-state index is 11.7. The Morgan fingerprint density at radius 3 is 3.07 bits per heavy atom. The summed E-state index contributed by atoms with van der Waals surface area (Å²) in [5.74, 6) is 0. The summed E-state index contributed by atoms with van der Waals surface area (Å²) in [5, 5.41) is 16.3. The Labute approximate surface area is 160 Å². The van der Waals surface area contributed by atoms with Crippen LogP contribution in [0.4, 0.5) is 5.69 Å². The molecule has 0 unspecified atom stereocenters. The number of halogens is 1. The summed E-state index contributed by atoms with van der Waals surface area (Å²) < 4.78 is 2.09. The van der Waals surface area contributed by atoms with E-state index in [2.05, 4.69) is 24.7 Å². The summed E-state index contributed by atoms with van der Waals surface area (Å²) in [6, 6.07) is 3.84. The van der Waals surface area contributed by atoms with Gasteiger partial charge in [-0.1, -0.05) is 17.7 Å². The van der Waals surface area contributed by atoms with Crippen LogP contribution in [0.2, 0.25) is 5.02 Å². The van der Waals surface area contributed by atoms with E-state index in [4.69, 9.17) is 11.6 Å². The van der Waals surface area contributed by atoms with Crippen LogP contribution >= 0.6 is 11.6 Å². The molecule has 4 rings (SSSR count). The lowest BCUT2D eigenvalue weighted by Crippen LogP contribution is -2.32. The highest BCUT2D eigenvalue weighted by atomic mass is 35.5. The second kappa shape index (κ2) is 7.13. The van der Waals surface area contributed by atoms with Crippen LogP contribution in [-0.2, 0) is 19.5 Å². The van der Waals surface area contributed by atoms with Crippen LogP contribution in [-0.4, -0.2) is 36.4 Å². The molecule has 2 N–H and O–H groups in total. The van der Waals surface area contributed by atoms with Crippen LogP contribution < -0.4 is 10.5 Å². The number of hydrogen-bond acceptors (Lipinski definition) is 6. The first-order valence-electron chi connectivity index (χ1n) is 8.67. The van der Waals surface area contributed by atoms with Crippen molar-refractivity contribution in [2.45, 2.75) is 32.5 Å². The maximum Gasteiger partial charge on any atom is 0.285 e. The first kappa shape index (κ1) is 17.7. The van der Waals surface area contributed by atoms with E-state index >= 15 is 0 Å². The van der Waals surface area contributed by atoms with E-state index in [1.165, 1.54) is 0 Å². The molecule has 9 heteroatoms. The van der Waals surface area contributed by atoms with Gasteiger partial charge in [-0.3, -0.25) is 9.78 Å². The van der Waals surface area contributed by atoms with E-state index in [1.807, 2.05) is 23.4 Å². The smallest absolute Gasteiger partial charge is 0.285 e. The van der Waals surface area contributed by atoms with Gasteiger partial charge in [-0.2, -0.15) is 5.10 Å². The van der Waals surface area contributed by atoms with Gasteiger partial charge in [0.25, 0.3) is 5.56 Å². The lowest BCUT2D eigenvalue weighted by atomic mass is 10.1. The molecule has 0 amide bonds. The van der Waals surface area contributed by atoms with Crippen LogP contribution in [0, 0.1) is 0 Å². The number of pyridine rings is 1. The van der Waals surface area contributed by atoms with Crippen LogP contribution in [0.15, 0.2) is 35.6 Å². The van der Waals surface area contributed by atoms with Crippen molar-refractivity contribution in [1.82, 2.24) is 24.7 Å². The minimum absolute atomic E-state index is 0.143. The summed E-state index contributed by atoms with van der Waals surface area (Å²) in [7, 11) is 0. The van der Waals surface area contributed by atoms with Gasteiger partial charge in [0.1, 0.15) is 5.02 Å². The van der Waals surface area contributed by atoms with Crippen molar-refractivity contribution in [3.05, 3.63) is 68.9 Å². The number of nitrogens with one attached hydrogen (secondary N) is 1. The minimum atomic E-state index is -0.623. The third-order valence-corrected chi connectivity index (χ3v) is 5.14. The molecule has 3 aromatic rings. The van der Waals surface area contributed by atoms with Gasteiger partial charge in [-0.05, 0) is 18.6 Å². The third kappa shape index (κ3) is 3.33. The van der Waals surface area contributed by atoms with Crippen LogP contribution in [0.1, 0.15) is 35.7 Å². The molecule has 8 nitrogen and oxygen atoms in total. The topological polar surface area (TPSA) is 99.9 Å². The first-order valence-corrected chi connectivity index (χ1v) is 9.05. The van der Waals surface area contributed by atoms with Crippen molar-refractivity contribution in [2.75, 3.05) is 11.4 Å². The molecular formula is C18H19ClN6O2. The molecule has 0 aromatic carbocycles. The van der Waals surface area contributed by atoms with Gasteiger partial charge in [0.15, 0.2) is 0 Å². The number of aliphatic hydroxyl groups is 1. The van der Waals surface area contributed by atoms with E-state index in [1.54, 1.807) is 19.3 Å². The van der Waals surface area contributed by atoms with Crippen molar-refractivity contribution < 1.29 is 5.11 Å². The van der Waals surface area contributed by atoms with Gasteiger partial charge in [0.2, 0.25) is 0 Å². The number of rotatable bonds is 4. The standard InChI is InChI=1S/C18H19ClN6O2/c1-11(26)17-12(3-2-5-20-17)8-25-10-21-13-9-24(6-4-14(13)25)15-7-22-23-18(27)16(15)19/h2-3,5,7,10-11,26H,4,6,8-9H2,1H3,(H,23,27)/t11-/m0/s1. The Hall–Kier alpha value is -2.71. The molecule has 1 atom stereocenters. The van der Waals surface area contributed by atoms with Crippen molar-refractivity contribution in [3.8, 4) is 0 Å². The van der Waals surface area contributed by atoms with Gasteiger partial charge >= 0.3 is 0 Å². The summed E-state index contributed by atoms with van der Waals surface area (Å²) >= 11 is 6.13. The van der Waals surface area contributed by atoms with Crippen LogP contribution in [0.3, 0.4) is 0 Å². The maximum atomic E-state index is 11.7. The Kier molecular flexibility index (Phi) is 4.67. The molecule has 1 aliphatic rings. The van der Waals surface area contributed by atoms with E-state index in [-0.39, 0.29) is 5.02 Å². The van der Waals surface area contributed by atoms with Crippen molar-refractivity contribution in [2.24, 2.45) is 0 Å². The van der Waals surface area contributed by atoms with E-state index in [9.17, 15) is 9.90 Å². The van der Waals surface area contributed by atoms with Crippen LogP contribution in [0.5, 0.6) is 0 Å². The predicted molar refractivity (Wildman–Crippen MR) is 101 cm³/mol. The molecule has 140 valence electrons. The highest BCUT2D eigenvalue weighted by Gasteiger charge is 2.24. The summed E-state index contributed by atoms with van der Waals surface area (Å²) in [4.78, 5) is 22.5. The first-order chi connectivity index (χ1) is 13.0. The Morgan fingerprint density at radius 1 is 1.41 bits per heavy atom. The zero-order chi connectivity index (χ0) is 19.0. The number of aromatic amines is 1. The number of imidazole rings is 1. The fourth-order valence-electron chi connectivity index (χ4n) is 3.45. The third-order valence-electron chi connectivity index (χ3n) is 4.77. The highest BCUT2D eigenvalue weighted by molar-refractivity contribution is 6.32. The summed E-state index contributed by atoms with van der Waals surface area (Å²) in [6.07, 6.45) is 5.21. The fourth-order valence-corrected chi connectivity index (χ4v) is 3.66. The average molecular weight is 387 g/mol. The lowest BCUT2D eigenvalue weighted by molar-refractivity contribution is 0.193. The number of aromatic nitrogens is 5. The molecule has 0 bridgehead atoms. The van der Waals surface area contributed by atoms with E-state index in [0.29, 0.717) is 31.0 Å². The second-order valence-electron chi connectivity index (χ2n) is 6.56. The molecule has 0 saturated heterocycles. The molecule has 1 aliphatic heterocycles. The molecule has 4 heterocycles. The normalized spacial score (nSPS) is 14.9. The fraction of sp³-hybridized carbons (Fsp3) is 0.333. The molecular weight excluding hydrogens is 368 g/mol. The van der Waals surface area contributed by atoms with Crippen molar-refractivity contribution >= 4 is 17.3 Å².